The third kappa shape index (κ3) is 2.55. The number of hydrogen-bond donors (Lipinski definition) is 2. The average Bonchev–Trinajstić information content (AvgIpc) is 1.98. The van der Waals surface area contributed by atoms with Gasteiger partial charge in [0.05, 0.1) is 0 Å². The molecule has 0 unspecified atom stereocenters. The molecule has 1 rings (SSSR count). The second-order valence-corrected chi connectivity index (χ2v) is 3.10. The quantitative estimate of drug-likeness (QED) is 0.726. The van der Waals surface area contributed by atoms with Crippen LogP contribution in [-0.2, 0) is 6.54 Å². The van der Waals surface area contributed by atoms with Crippen molar-refractivity contribution in [1.29, 1.82) is 0 Å². The van der Waals surface area contributed by atoms with Crippen LogP contribution in [0.5, 0.6) is 5.75 Å². The highest BCUT2D eigenvalue weighted by atomic mass is 35.5. The molecule has 0 spiro atoms. The molecule has 0 saturated carbocycles. The molecule has 0 aromatic heterocycles. The number of hydrogen-bond acceptors (Lipinski definition) is 3. The molecule has 0 fully saturated rings. The van der Waals surface area contributed by atoms with E-state index in [-0.39, 0.29) is 17.3 Å². The van der Waals surface area contributed by atoms with Crippen LogP contribution in [0.25, 0.3) is 0 Å². The van der Waals surface area contributed by atoms with E-state index >= 15 is 0 Å². The van der Waals surface area contributed by atoms with Crippen LogP contribution in [0.15, 0.2) is 12.1 Å². The van der Waals surface area contributed by atoms with Crippen molar-refractivity contribution in [3.05, 3.63) is 28.5 Å². The van der Waals surface area contributed by atoms with E-state index in [0.717, 1.165) is 11.1 Å². The van der Waals surface area contributed by atoms with Gasteiger partial charge < -0.3 is 10.3 Å². The van der Waals surface area contributed by atoms with Crippen molar-refractivity contribution in [2.75, 3.05) is 7.05 Å². The zero-order valence-electron chi connectivity index (χ0n) is 6.96. The first-order valence-electron chi connectivity index (χ1n) is 3.57. The van der Waals surface area contributed by atoms with E-state index in [1.165, 1.54) is 13.1 Å². The number of halogens is 2. The maximum atomic E-state index is 12.9. The fraction of sp³-hybridized carbons (Fsp3) is 0.250. The predicted molar refractivity (Wildman–Crippen MR) is 46.3 cm³/mol. The van der Waals surface area contributed by atoms with Crippen LogP contribution in [0.3, 0.4) is 0 Å². The Morgan fingerprint density at radius 3 is 2.62 bits per heavy atom. The number of phenolic OH excluding ortho intramolecular Hbond substituents is 1. The molecular formula is C8H9ClFNO2. The standard InChI is InChI=1S/C8H9ClFNO2/c1-11(13)4-5-2-6(10)8(9)7(12)3-5/h2-3,12-13H,4H2,1H3. The lowest BCUT2D eigenvalue weighted by Gasteiger charge is -2.09. The Labute approximate surface area is 79.9 Å². The average molecular weight is 206 g/mol. The second-order valence-electron chi connectivity index (χ2n) is 2.73. The highest BCUT2D eigenvalue weighted by Gasteiger charge is 2.08. The first-order chi connectivity index (χ1) is 6.00. The zero-order valence-corrected chi connectivity index (χ0v) is 7.72. The Bertz CT molecular complexity index is 294. The number of hydroxylamine groups is 2. The summed E-state index contributed by atoms with van der Waals surface area (Å²) in [6.45, 7) is 0.127. The molecule has 0 amide bonds. The van der Waals surface area contributed by atoms with E-state index in [1.807, 2.05) is 0 Å². The zero-order chi connectivity index (χ0) is 10.0. The second kappa shape index (κ2) is 3.91. The van der Waals surface area contributed by atoms with Crippen LogP contribution < -0.4 is 0 Å². The molecule has 3 nitrogen and oxygen atoms in total. The minimum absolute atomic E-state index is 0.127. The smallest absolute Gasteiger partial charge is 0.145 e. The number of nitrogens with zero attached hydrogens (tertiary/aromatic N) is 1. The maximum Gasteiger partial charge on any atom is 0.145 e. The van der Waals surface area contributed by atoms with E-state index in [0.29, 0.717) is 5.56 Å². The molecule has 0 bridgehead atoms. The minimum Gasteiger partial charge on any atom is -0.506 e. The topological polar surface area (TPSA) is 43.7 Å². The van der Waals surface area contributed by atoms with Crippen LogP contribution in [0.1, 0.15) is 5.56 Å². The third-order valence-electron chi connectivity index (χ3n) is 1.48. The monoisotopic (exact) mass is 205 g/mol. The van der Waals surface area contributed by atoms with Crippen molar-refractivity contribution in [3.63, 3.8) is 0 Å². The van der Waals surface area contributed by atoms with Crippen LogP contribution in [0.4, 0.5) is 4.39 Å². The number of rotatable bonds is 2. The summed E-state index contributed by atoms with van der Waals surface area (Å²) >= 11 is 5.39. The van der Waals surface area contributed by atoms with Gasteiger partial charge in [-0.2, -0.15) is 5.06 Å². The lowest BCUT2D eigenvalue weighted by Crippen LogP contribution is -2.11. The number of phenols is 1. The molecule has 0 aliphatic carbocycles. The van der Waals surface area contributed by atoms with E-state index < -0.39 is 5.82 Å². The predicted octanol–water partition coefficient (Wildman–Crippen LogP) is 2.01. The van der Waals surface area contributed by atoms with Gasteiger partial charge in [-0.05, 0) is 17.7 Å². The summed E-state index contributed by atoms with van der Waals surface area (Å²) in [5, 5.41) is 18.6. The Morgan fingerprint density at radius 2 is 2.15 bits per heavy atom. The Morgan fingerprint density at radius 1 is 1.54 bits per heavy atom. The number of benzene rings is 1. The lowest BCUT2D eigenvalue weighted by molar-refractivity contribution is -0.0732. The van der Waals surface area contributed by atoms with Gasteiger partial charge in [-0.25, -0.2) is 4.39 Å². The molecule has 0 aliphatic heterocycles. The van der Waals surface area contributed by atoms with Gasteiger partial charge in [0.2, 0.25) is 0 Å². The minimum atomic E-state index is -0.696. The first kappa shape index (κ1) is 10.2. The molecule has 0 radical (unpaired) electrons. The molecule has 13 heavy (non-hydrogen) atoms. The first-order valence-corrected chi connectivity index (χ1v) is 3.95. The molecule has 1 aromatic carbocycles. The van der Waals surface area contributed by atoms with E-state index in [9.17, 15) is 4.39 Å². The Kier molecular flexibility index (Phi) is 3.08. The SMILES string of the molecule is CN(O)Cc1cc(O)c(Cl)c(F)c1. The Hall–Kier alpha value is -0.840. The Balaban J connectivity index is 2.99. The summed E-state index contributed by atoms with van der Waals surface area (Å²) in [6, 6.07) is 2.47. The molecule has 0 aliphatic rings. The normalized spacial score (nSPS) is 10.8. The van der Waals surface area contributed by atoms with Crippen molar-refractivity contribution in [3.8, 4) is 5.75 Å². The van der Waals surface area contributed by atoms with Crippen molar-refractivity contribution in [1.82, 2.24) is 5.06 Å². The molecule has 5 heteroatoms. The largest absolute Gasteiger partial charge is 0.506 e. The van der Waals surface area contributed by atoms with Crippen LogP contribution in [-0.4, -0.2) is 22.4 Å². The molecule has 72 valence electrons. The van der Waals surface area contributed by atoms with Crippen LogP contribution in [0, 0.1) is 5.82 Å². The lowest BCUT2D eigenvalue weighted by atomic mass is 10.2. The molecule has 1 aromatic rings. The highest BCUT2D eigenvalue weighted by Crippen LogP contribution is 2.27. The van der Waals surface area contributed by atoms with E-state index in [2.05, 4.69) is 0 Å². The summed E-state index contributed by atoms with van der Waals surface area (Å²) in [5.41, 5.74) is 0.449. The van der Waals surface area contributed by atoms with E-state index in [4.69, 9.17) is 21.9 Å². The summed E-state index contributed by atoms with van der Waals surface area (Å²) in [6.07, 6.45) is 0. The molecule has 0 saturated heterocycles. The fourth-order valence-corrected chi connectivity index (χ4v) is 1.09. The summed E-state index contributed by atoms with van der Waals surface area (Å²) in [5.74, 6) is -1.02. The van der Waals surface area contributed by atoms with Gasteiger partial charge in [-0.15, -0.1) is 0 Å². The molecule has 2 N–H and O–H groups in total. The van der Waals surface area contributed by atoms with Gasteiger partial charge in [0, 0.05) is 13.6 Å². The van der Waals surface area contributed by atoms with Crippen molar-refractivity contribution < 1.29 is 14.7 Å². The van der Waals surface area contributed by atoms with Gasteiger partial charge in [0.15, 0.2) is 0 Å². The molecular weight excluding hydrogens is 197 g/mol. The van der Waals surface area contributed by atoms with Gasteiger partial charge >= 0.3 is 0 Å². The van der Waals surface area contributed by atoms with Crippen LogP contribution in [0.2, 0.25) is 5.02 Å². The summed E-state index contributed by atoms with van der Waals surface area (Å²) in [7, 11) is 1.42. The third-order valence-corrected chi connectivity index (χ3v) is 1.85. The summed E-state index contributed by atoms with van der Waals surface area (Å²) in [4.78, 5) is 0. The van der Waals surface area contributed by atoms with Crippen LogP contribution >= 0.6 is 11.6 Å². The van der Waals surface area contributed by atoms with Crippen molar-refractivity contribution in [2.24, 2.45) is 0 Å². The van der Waals surface area contributed by atoms with Gasteiger partial charge in [0.25, 0.3) is 0 Å². The highest BCUT2D eigenvalue weighted by molar-refractivity contribution is 6.32. The van der Waals surface area contributed by atoms with Crippen molar-refractivity contribution >= 4 is 11.6 Å². The fourth-order valence-electron chi connectivity index (χ4n) is 0.985. The number of aromatic hydroxyl groups is 1. The van der Waals surface area contributed by atoms with E-state index in [1.54, 1.807) is 0 Å². The van der Waals surface area contributed by atoms with Gasteiger partial charge in [-0.1, -0.05) is 11.6 Å². The molecule has 0 heterocycles. The summed E-state index contributed by atoms with van der Waals surface area (Å²) < 4.78 is 12.9. The van der Waals surface area contributed by atoms with Gasteiger partial charge in [-0.3, -0.25) is 0 Å². The van der Waals surface area contributed by atoms with Crippen molar-refractivity contribution in [2.45, 2.75) is 6.54 Å². The maximum absolute atomic E-state index is 12.9. The molecule has 0 atom stereocenters. The van der Waals surface area contributed by atoms with Gasteiger partial charge in [0.1, 0.15) is 16.6 Å².